The molecule has 0 aliphatic carbocycles. The van der Waals surface area contributed by atoms with E-state index >= 15 is 0 Å². The first-order chi connectivity index (χ1) is 28.1. The minimum absolute atomic E-state index is 0.000713. The lowest BCUT2D eigenvalue weighted by molar-refractivity contribution is -0.189. The van der Waals surface area contributed by atoms with Crippen molar-refractivity contribution in [2.75, 3.05) is 53.5 Å². The normalized spacial score (nSPS) is 26.9. The van der Waals surface area contributed by atoms with Crippen LogP contribution in [-0.2, 0) is 37.5 Å². The molecule has 7 heterocycles. The molecule has 0 radical (unpaired) electrons. The van der Waals surface area contributed by atoms with Crippen molar-refractivity contribution in [3.63, 3.8) is 0 Å². The van der Waals surface area contributed by atoms with Crippen LogP contribution >= 0.6 is 11.8 Å². The van der Waals surface area contributed by atoms with Gasteiger partial charge in [0.25, 0.3) is 0 Å². The fraction of sp³-hybridized carbons (Fsp3) is 0.488. The van der Waals surface area contributed by atoms with Crippen LogP contribution in [0.2, 0.25) is 0 Å². The van der Waals surface area contributed by atoms with E-state index in [0.29, 0.717) is 63.8 Å². The van der Waals surface area contributed by atoms with Crippen molar-refractivity contribution >= 4 is 29.7 Å². The van der Waals surface area contributed by atoms with Gasteiger partial charge in [0.1, 0.15) is 12.4 Å². The number of aromatic hydroxyl groups is 1. The smallest absolute Gasteiger partial charge is 0.491 e. The van der Waals surface area contributed by atoms with Gasteiger partial charge in [-0.25, -0.2) is 9.59 Å². The number of nitrogens with one attached hydrogen (secondary N) is 1. The van der Waals surface area contributed by atoms with Gasteiger partial charge in [-0.1, -0.05) is 6.07 Å². The number of likely N-dealkylation sites (N-methyl/N-ethyl adjacent to an activating group) is 1. The van der Waals surface area contributed by atoms with Crippen LogP contribution in [0, 0.1) is 13.8 Å². The van der Waals surface area contributed by atoms with E-state index < -0.39 is 58.7 Å². The summed E-state index contributed by atoms with van der Waals surface area (Å²) >= 11 is 1.42. The second kappa shape index (κ2) is 14.1. The molecule has 59 heavy (non-hydrogen) atoms. The lowest BCUT2D eigenvalue weighted by atomic mass is 9.73. The summed E-state index contributed by atoms with van der Waals surface area (Å²) in [6.45, 7) is 5.56. The topological polar surface area (TPSA) is 155 Å². The third kappa shape index (κ3) is 5.91. The number of esters is 3. The Balaban J connectivity index is 1.26. The molecule has 2 saturated heterocycles. The number of aryl methyl sites for hydroxylation is 1. The molecule has 0 amide bonds. The lowest BCUT2D eigenvalue weighted by Gasteiger charge is -2.60. The number of hydrogen-bond acceptors (Lipinski definition) is 15. The summed E-state index contributed by atoms with van der Waals surface area (Å²) in [4.78, 5) is 44.3. The van der Waals surface area contributed by atoms with E-state index in [-0.39, 0.29) is 49.7 Å². The van der Waals surface area contributed by atoms with Crippen molar-refractivity contribution in [3.05, 3.63) is 62.7 Å². The molecule has 18 heteroatoms. The van der Waals surface area contributed by atoms with Gasteiger partial charge in [0, 0.05) is 60.1 Å². The number of alkyl halides is 3. The molecule has 4 bridgehead atoms. The molecule has 314 valence electrons. The molecule has 2 N–H and O–H groups in total. The first kappa shape index (κ1) is 39.5. The predicted molar refractivity (Wildman–Crippen MR) is 203 cm³/mol. The van der Waals surface area contributed by atoms with Gasteiger partial charge in [-0.15, -0.1) is 11.8 Å². The zero-order valence-corrected chi connectivity index (χ0v) is 33.9. The summed E-state index contributed by atoms with van der Waals surface area (Å²) in [5, 5.41) is 14.8. The molecule has 7 aliphatic heterocycles. The monoisotopic (exact) mass is 841 g/mol. The van der Waals surface area contributed by atoms with Crippen LogP contribution in [0.25, 0.3) is 0 Å². The number of ether oxygens (including phenoxy) is 7. The van der Waals surface area contributed by atoms with Crippen molar-refractivity contribution < 1.29 is 65.8 Å². The largest absolute Gasteiger partial charge is 0.504 e. The number of carbonyl (C=O) groups excluding carboxylic acids is 3. The average molecular weight is 842 g/mol. The van der Waals surface area contributed by atoms with Crippen molar-refractivity contribution in [1.29, 1.82) is 0 Å². The molecular formula is C41H42F3N3O11S. The van der Waals surface area contributed by atoms with E-state index in [2.05, 4.69) is 21.2 Å². The van der Waals surface area contributed by atoms with Gasteiger partial charge >= 0.3 is 24.1 Å². The Morgan fingerprint density at radius 1 is 0.983 bits per heavy atom. The summed E-state index contributed by atoms with van der Waals surface area (Å²) in [6, 6.07) is 3.28. The van der Waals surface area contributed by atoms with E-state index in [0.717, 1.165) is 16.7 Å². The van der Waals surface area contributed by atoms with Gasteiger partial charge in [0.05, 0.1) is 31.6 Å². The quantitative estimate of drug-likeness (QED) is 0.272. The fourth-order valence-electron chi connectivity index (χ4n) is 10.1. The maximum absolute atomic E-state index is 14.8. The SMILES string of the molecule is COc1cc2c(cc1OC(=O)C(F)(F)F)CCN[C@]21CS[C@@H]2c3c(OC(C)=O)c(C)c4c(c3[C@H](COC1=O)N1C[C@@H]3Cc5cc(C)c(OC)c(O)c5[C@H](C21)N3C)OCO4. The standard InChI is InChI=1S/C41H42F3N3O11S/c1-17-9-21-10-22-13-47-24-14-54-38(50)40(23-12-25(52-5)26(11-20(23)7-8-45-40)58-39(51)41(42,43)44)15-59-37(31(47)30(46(22)4)27(21)32(49)33(17)53-6)29-28(24)36-35(55-16-56-36)18(2)34(29)57-19(3)48/h9,11-12,22,24,30-31,37,45,49H,7-8,10,13-16H2,1-6H3/t22-,24-,30+,31?,37+,40+/m0/s1. The van der Waals surface area contributed by atoms with Crippen molar-refractivity contribution in [3.8, 4) is 40.2 Å². The summed E-state index contributed by atoms with van der Waals surface area (Å²) in [5.41, 5.74) is 3.72. The van der Waals surface area contributed by atoms with Crippen LogP contribution < -0.4 is 33.7 Å². The van der Waals surface area contributed by atoms with Crippen LogP contribution in [0.3, 0.4) is 0 Å². The Kier molecular flexibility index (Phi) is 9.45. The molecule has 0 saturated carbocycles. The Hall–Kier alpha value is -4.91. The third-order valence-electron chi connectivity index (χ3n) is 12.6. The second-order valence-electron chi connectivity index (χ2n) is 15.7. The van der Waals surface area contributed by atoms with Gasteiger partial charge in [-0.3, -0.25) is 19.9 Å². The van der Waals surface area contributed by atoms with E-state index in [1.54, 1.807) is 6.92 Å². The number of piperazine rings is 1. The fourth-order valence-corrected chi connectivity index (χ4v) is 11.8. The molecule has 7 aliphatic rings. The van der Waals surface area contributed by atoms with Crippen LogP contribution in [0.4, 0.5) is 13.2 Å². The Morgan fingerprint density at radius 3 is 2.46 bits per heavy atom. The highest BCUT2D eigenvalue weighted by Gasteiger charge is 2.59. The molecule has 3 aromatic rings. The van der Waals surface area contributed by atoms with Crippen molar-refractivity contribution in [2.45, 2.75) is 74.7 Å². The number of hydrogen-bond donors (Lipinski definition) is 2. The number of rotatable bonds is 4. The minimum Gasteiger partial charge on any atom is -0.504 e. The molecule has 14 nitrogen and oxygen atoms in total. The van der Waals surface area contributed by atoms with E-state index in [1.807, 2.05) is 14.0 Å². The first-order valence-electron chi connectivity index (χ1n) is 19.1. The summed E-state index contributed by atoms with van der Waals surface area (Å²) in [7, 11) is 4.78. The van der Waals surface area contributed by atoms with Gasteiger partial charge in [-0.2, -0.15) is 13.2 Å². The van der Waals surface area contributed by atoms with Crippen molar-refractivity contribution in [2.24, 2.45) is 0 Å². The maximum Gasteiger partial charge on any atom is 0.491 e. The number of thioether (sulfide) groups is 1. The molecule has 10 rings (SSSR count). The van der Waals surface area contributed by atoms with Gasteiger partial charge < -0.3 is 38.3 Å². The molecule has 6 atom stereocenters. The summed E-state index contributed by atoms with van der Waals surface area (Å²) in [6.07, 6.45) is -4.33. The number of halogens is 3. The number of phenols is 1. The van der Waals surface area contributed by atoms with E-state index in [1.165, 1.54) is 45.0 Å². The lowest BCUT2D eigenvalue weighted by Crippen LogP contribution is -2.65. The number of fused-ring (bicyclic) bond motifs is 9. The second-order valence-corrected chi connectivity index (χ2v) is 16.8. The number of nitrogens with zero attached hydrogens (tertiary/aromatic N) is 2. The first-order valence-corrected chi connectivity index (χ1v) is 20.2. The Morgan fingerprint density at radius 2 is 1.75 bits per heavy atom. The molecule has 0 aromatic heterocycles. The summed E-state index contributed by atoms with van der Waals surface area (Å²) < 4.78 is 80.5. The highest BCUT2D eigenvalue weighted by atomic mass is 32.2. The minimum atomic E-state index is -5.25. The molecular weight excluding hydrogens is 800 g/mol. The number of carbonyl (C=O) groups is 3. The predicted octanol–water partition coefficient (Wildman–Crippen LogP) is 4.86. The van der Waals surface area contributed by atoms with E-state index in [4.69, 9.17) is 33.2 Å². The Labute approximate surface area is 341 Å². The molecule has 3 aromatic carbocycles. The third-order valence-corrected chi connectivity index (χ3v) is 14.1. The van der Waals surface area contributed by atoms with Crippen LogP contribution in [0.15, 0.2) is 18.2 Å². The molecule has 1 unspecified atom stereocenters. The van der Waals surface area contributed by atoms with Gasteiger partial charge in [0.2, 0.25) is 6.79 Å². The van der Waals surface area contributed by atoms with Crippen molar-refractivity contribution in [1.82, 2.24) is 15.1 Å². The number of methoxy groups -OCH3 is 2. The highest BCUT2D eigenvalue weighted by molar-refractivity contribution is 7.99. The van der Waals surface area contributed by atoms with Crippen LogP contribution in [0.1, 0.15) is 68.8 Å². The zero-order valence-electron chi connectivity index (χ0n) is 33.0. The molecule has 1 spiro atoms. The number of benzene rings is 3. The maximum atomic E-state index is 14.8. The summed E-state index contributed by atoms with van der Waals surface area (Å²) in [5.74, 6) is -2.56. The Bertz CT molecular complexity index is 2320. The van der Waals surface area contributed by atoms with Crippen LogP contribution in [0.5, 0.6) is 40.2 Å². The highest BCUT2D eigenvalue weighted by Crippen LogP contribution is 2.64. The average Bonchev–Trinajstić information content (AvgIpc) is 3.67. The van der Waals surface area contributed by atoms with E-state index in [9.17, 15) is 32.7 Å². The van der Waals surface area contributed by atoms with Gasteiger partial charge in [-0.05, 0) is 68.1 Å². The zero-order chi connectivity index (χ0) is 41.9. The number of phenolic OH excluding ortho intramolecular Hbond substituents is 1. The molecule has 2 fully saturated rings. The van der Waals surface area contributed by atoms with Gasteiger partial charge in [0.15, 0.2) is 40.0 Å². The van der Waals surface area contributed by atoms with Crippen LogP contribution in [-0.4, -0.2) is 105 Å².